The molecule has 142 valence electrons. The molecule has 0 bridgehead atoms. The number of nitrogens with one attached hydrogen (secondary N) is 1. The van der Waals surface area contributed by atoms with Gasteiger partial charge in [-0.1, -0.05) is 49.7 Å². The maximum atomic E-state index is 12.8. The molecule has 1 N–H and O–H groups in total. The van der Waals surface area contributed by atoms with Crippen LogP contribution < -0.4 is 10.2 Å². The topological polar surface area (TPSA) is 49.4 Å². The first-order valence-corrected chi connectivity index (χ1v) is 9.73. The highest BCUT2D eigenvalue weighted by Gasteiger charge is 2.36. The fourth-order valence-electron chi connectivity index (χ4n) is 3.85. The summed E-state index contributed by atoms with van der Waals surface area (Å²) in [5.74, 6) is -0.371. The summed E-state index contributed by atoms with van der Waals surface area (Å²) in [6, 6.07) is 12.2. The molecule has 1 aliphatic heterocycles. The average molecular weight is 364 g/mol. The normalized spacial score (nSPS) is 16.7. The number of nitrogens with zero attached hydrogens (tertiary/aromatic N) is 1. The average Bonchev–Trinajstić information content (AvgIpc) is 3.04. The molecule has 0 aromatic heterocycles. The molecule has 3 rings (SSSR count). The summed E-state index contributed by atoms with van der Waals surface area (Å²) in [6.45, 7) is 8.66. The van der Waals surface area contributed by atoms with E-state index in [4.69, 9.17) is 0 Å². The maximum absolute atomic E-state index is 12.8. The number of rotatable bonds is 5. The minimum absolute atomic E-state index is 0.0337. The zero-order chi connectivity index (χ0) is 19.6. The summed E-state index contributed by atoms with van der Waals surface area (Å²) >= 11 is 0. The van der Waals surface area contributed by atoms with E-state index in [1.54, 1.807) is 0 Å². The van der Waals surface area contributed by atoms with Crippen LogP contribution >= 0.6 is 0 Å². The number of hydrogen-bond donors (Lipinski definition) is 1. The number of aryl methyl sites for hydroxylation is 4. The van der Waals surface area contributed by atoms with Crippen LogP contribution in [-0.4, -0.2) is 18.4 Å². The van der Waals surface area contributed by atoms with Crippen molar-refractivity contribution in [2.24, 2.45) is 5.92 Å². The molecular weight excluding hydrogens is 336 g/mol. The van der Waals surface area contributed by atoms with E-state index < -0.39 is 0 Å². The lowest BCUT2D eigenvalue weighted by Crippen LogP contribution is -2.29. The van der Waals surface area contributed by atoms with Crippen molar-refractivity contribution in [3.8, 4) is 0 Å². The Hall–Kier alpha value is -2.62. The van der Waals surface area contributed by atoms with Crippen molar-refractivity contribution in [2.75, 3.05) is 16.8 Å². The van der Waals surface area contributed by atoms with Crippen molar-refractivity contribution in [2.45, 2.75) is 47.0 Å². The molecule has 4 heteroatoms. The Kier molecular flexibility index (Phi) is 5.64. The lowest BCUT2D eigenvalue weighted by Gasteiger charge is -2.23. The van der Waals surface area contributed by atoms with Crippen LogP contribution in [0.1, 0.15) is 42.5 Å². The van der Waals surface area contributed by atoms with Crippen molar-refractivity contribution >= 4 is 23.2 Å². The van der Waals surface area contributed by atoms with Crippen LogP contribution in [0.25, 0.3) is 0 Å². The third kappa shape index (κ3) is 3.90. The van der Waals surface area contributed by atoms with Gasteiger partial charge < -0.3 is 10.2 Å². The van der Waals surface area contributed by atoms with Gasteiger partial charge >= 0.3 is 0 Å². The fourth-order valence-corrected chi connectivity index (χ4v) is 3.85. The molecule has 2 aromatic rings. The SMILES string of the molecule is CCc1cccc(CC)c1N1CC(C(=O)Nc2ccc(C)cc2C)CC1=O. The van der Waals surface area contributed by atoms with Crippen molar-refractivity contribution in [3.63, 3.8) is 0 Å². The number of hydrogen-bond acceptors (Lipinski definition) is 2. The van der Waals surface area contributed by atoms with Gasteiger partial charge in [0.2, 0.25) is 11.8 Å². The van der Waals surface area contributed by atoms with E-state index in [0.717, 1.165) is 46.5 Å². The van der Waals surface area contributed by atoms with Gasteiger partial charge in [0.05, 0.1) is 5.92 Å². The summed E-state index contributed by atoms with van der Waals surface area (Å²) in [4.78, 5) is 27.4. The third-order valence-corrected chi connectivity index (χ3v) is 5.37. The third-order valence-electron chi connectivity index (χ3n) is 5.37. The van der Waals surface area contributed by atoms with Crippen molar-refractivity contribution < 1.29 is 9.59 Å². The molecule has 27 heavy (non-hydrogen) atoms. The molecular formula is C23H28N2O2. The first-order valence-electron chi connectivity index (χ1n) is 9.73. The molecule has 4 nitrogen and oxygen atoms in total. The number of benzene rings is 2. The van der Waals surface area contributed by atoms with E-state index in [1.165, 1.54) is 0 Å². The van der Waals surface area contributed by atoms with Crippen LogP contribution in [0.15, 0.2) is 36.4 Å². The Morgan fingerprint density at radius 2 is 1.78 bits per heavy atom. The second-order valence-corrected chi connectivity index (χ2v) is 7.34. The second kappa shape index (κ2) is 7.95. The van der Waals surface area contributed by atoms with Crippen LogP contribution in [0.4, 0.5) is 11.4 Å². The summed E-state index contributed by atoms with van der Waals surface area (Å²) in [7, 11) is 0. The van der Waals surface area contributed by atoms with E-state index in [9.17, 15) is 9.59 Å². The van der Waals surface area contributed by atoms with Gasteiger partial charge in [-0.25, -0.2) is 0 Å². The van der Waals surface area contributed by atoms with E-state index in [0.29, 0.717) is 6.54 Å². The molecule has 0 saturated carbocycles. The Morgan fingerprint density at radius 3 is 2.37 bits per heavy atom. The molecule has 1 atom stereocenters. The molecule has 0 spiro atoms. The summed E-state index contributed by atoms with van der Waals surface area (Å²) in [5.41, 5.74) is 6.36. The molecule has 0 radical (unpaired) electrons. The fraction of sp³-hybridized carbons (Fsp3) is 0.391. The highest BCUT2D eigenvalue weighted by Crippen LogP contribution is 2.33. The summed E-state index contributed by atoms with van der Waals surface area (Å²) in [5, 5.41) is 3.01. The summed E-state index contributed by atoms with van der Waals surface area (Å²) < 4.78 is 0. The Morgan fingerprint density at radius 1 is 1.11 bits per heavy atom. The van der Waals surface area contributed by atoms with E-state index in [-0.39, 0.29) is 24.2 Å². The lowest BCUT2D eigenvalue weighted by atomic mass is 10.0. The number of para-hydroxylation sites is 1. The lowest BCUT2D eigenvalue weighted by molar-refractivity contribution is -0.122. The quantitative estimate of drug-likeness (QED) is 0.854. The van der Waals surface area contributed by atoms with Gasteiger partial charge in [-0.05, 0) is 49.4 Å². The summed E-state index contributed by atoms with van der Waals surface area (Å²) in [6.07, 6.45) is 2.00. The van der Waals surface area contributed by atoms with Gasteiger partial charge in [0.1, 0.15) is 0 Å². The van der Waals surface area contributed by atoms with Crippen molar-refractivity contribution in [1.29, 1.82) is 0 Å². The molecule has 1 aliphatic rings. The smallest absolute Gasteiger partial charge is 0.229 e. The largest absolute Gasteiger partial charge is 0.326 e. The van der Waals surface area contributed by atoms with Crippen LogP contribution in [0.5, 0.6) is 0 Å². The van der Waals surface area contributed by atoms with Crippen LogP contribution in [0.2, 0.25) is 0 Å². The van der Waals surface area contributed by atoms with Gasteiger partial charge in [0.15, 0.2) is 0 Å². The van der Waals surface area contributed by atoms with Crippen LogP contribution in [-0.2, 0) is 22.4 Å². The van der Waals surface area contributed by atoms with Crippen LogP contribution in [0.3, 0.4) is 0 Å². The Bertz CT molecular complexity index is 850. The highest BCUT2D eigenvalue weighted by atomic mass is 16.2. The number of amides is 2. The predicted molar refractivity (Wildman–Crippen MR) is 110 cm³/mol. The molecule has 2 amide bonds. The Labute approximate surface area is 161 Å². The highest BCUT2D eigenvalue weighted by molar-refractivity contribution is 6.04. The monoisotopic (exact) mass is 364 g/mol. The number of carbonyl (C=O) groups excluding carboxylic acids is 2. The van der Waals surface area contributed by atoms with Gasteiger partial charge in [-0.2, -0.15) is 0 Å². The standard InChI is InChI=1S/C23H28N2O2/c1-5-17-8-7-9-18(6-2)22(17)25-14-19(13-21(25)26)23(27)24-20-11-10-15(3)12-16(20)4/h7-12,19H,5-6,13-14H2,1-4H3,(H,24,27). The first-order chi connectivity index (χ1) is 12.9. The predicted octanol–water partition coefficient (Wildman–Crippen LogP) is 4.42. The van der Waals surface area contributed by atoms with Gasteiger partial charge in [0.25, 0.3) is 0 Å². The van der Waals surface area contributed by atoms with Gasteiger partial charge in [0, 0.05) is 24.3 Å². The molecule has 2 aromatic carbocycles. The number of anilines is 2. The van der Waals surface area contributed by atoms with E-state index in [2.05, 4.69) is 31.3 Å². The van der Waals surface area contributed by atoms with E-state index in [1.807, 2.05) is 43.0 Å². The zero-order valence-corrected chi connectivity index (χ0v) is 16.6. The van der Waals surface area contributed by atoms with E-state index >= 15 is 0 Å². The minimum atomic E-state index is -0.326. The van der Waals surface area contributed by atoms with Gasteiger partial charge in [-0.15, -0.1) is 0 Å². The van der Waals surface area contributed by atoms with Crippen LogP contribution in [0, 0.1) is 19.8 Å². The molecule has 1 saturated heterocycles. The molecule has 1 heterocycles. The second-order valence-electron chi connectivity index (χ2n) is 7.34. The van der Waals surface area contributed by atoms with Crippen molar-refractivity contribution in [1.82, 2.24) is 0 Å². The Balaban J connectivity index is 1.80. The first kappa shape index (κ1) is 19.2. The van der Waals surface area contributed by atoms with Crippen molar-refractivity contribution in [3.05, 3.63) is 58.7 Å². The molecule has 1 unspecified atom stereocenters. The zero-order valence-electron chi connectivity index (χ0n) is 16.6. The number of carbonyl (C=O) groups is 2. The maximum Gasteiger partial charge on any atom is 0.229 e. The minimum Gasteiger partial charge on any atom is -0.326 e. The molecule has 0 aliphatic carbocycles. The van der Waals surface area contributed by atoms with Gasteiger partial charge in [-0.3, -0.25) is 9.59 Å². The molecule has 1 fully saturated rings.